The van der Waals surface area contributed by atoms with Crippen LogP contribution in [0.15, 0.2) is 24.3 Å². The number of hydrogen-bond donors (Lipinski definition) is 1. The van der Waals surface area contributed by atoms with Gasteiger partial charge in [0.2, 0.25) is 5.91 Å². The zero-order valence-electron chi connectivity index (χ0n) is 12.2. The van der Waals surface area contributed by atoms with Crippen LogP contribution in [-0.4, -0.2) is 12.5 Å². The van der Waals surface area contributed by atoms with Crippen molar-refractivity contribution in [2.24, 2.45) is 5.92 Å². The number of para-hydroxylation sites is 2. The molecule has 0 aliphatic carbocycles. The van der Waals surface area contributed by atoms with Crippen LogP contribution in [0.4, 0.5) is 5.69 Å². The molecule has 0 atom stereocenters. The molecule has 1 aromatic carbocycles. The van der Waals surface area contributed by atoms with Crippen molar-refractivity contribution in [1.82, 2.24) is 0 Å². The molecule has 0 unspecified atom stereocenters. The van der Waals surface area contributed by atoms with Crippen LogP contribution in [-0.2, 0) is 4.79 Å². The predicted octanol–water partition coefficient (Wildman–Crippen LogP) is 3.74. The summed E-state index contributed by atoms with van der Waals surface area (Å²) in [6, 6.07) is 9.12. The molecule has 0 bridgehead atoms. The first-order chi connectivity index (χ1) is 9.72. The van der Waals surface area contributed by atoms with Crippen LogP contribution in [0.25, 0.3) is 0 Å². The fourth-order valence-corrected chi connectivity index (χ4v) is 2.14. The predicted molar refractivity (Wildman–Crippen MR) is 79.5 cm³/mol. The van der Waals surface area contributed by atoms with Crippen LogP contribution < -0.4 is 10.1 Å². The SMILES string of the molecule is CCCC(CCC)C(=O)Nc1ccccc1OCC#N. The van der Waals surface area contributed by atoms with Crippen molar-refractivity contribution in [3.8, 4) is 11.8 Å². The highest BCUT2D eigenvalue weighted by molar-refractivity contribution is 5.93. The van der Waals surface area contributed by atoms with E-state index in [9.17, 15) is 4.79 Å². The Labute approximate surface area is 120 Å². The quantitative estimate of drug-likeness (QED) is 0.785. The lowest BCUT2D eigenvalue weighted by molar-refractivity contribution is -0.120. The summed E-state index contributed by atoms with van der Waals surface area (Å²) in [5.41, 5.74) is 0.630. The van der Waals surface area contributed by atoms with Gasteiger partial charge in [-0.3, -0.25) is 4.79 Å². The second-order valence-electron chi connectivity index (χ2n) is 4.71. The first-order valence-electron chi connectivity index (χ1n) is 7.12. The number of ether oxygens (including phenoxy) is 1. The van der Waals surface area contributed by atoms with E-state index in [0.29, 0.717) is 11.4 Å². The normalized spacial score (nSPS) is 10.1. The summed E-state index contributed by atoms with van der Waals surface area (Å²) < 4.78 is 5.31. The number of benzene rings is 1. The van der Waals surface area contributed by atoms with Gasteiger partial charge in [0.05, 0.1) is 5.69 Å². The number of amides is 1. The molecule has 0 heterocycles. The second kappa shape index (κ2) is 8.98. The van der Waals surface area contributed by atoms with Gasteiger partial charge in [-0.1, -0.05) is 38.8 Å². The molecule has 0 spiro atoms. The summed E-state index contributed by atoms with van der Waals surface area (Å²) in [5.74, 6) is 0.602. The van der Waals surface area contributed by atoms with Crippen LogP contribution in [0.2, 0.25) is 0 Å². The number of nitriles is 1. The number of carbonyl (C=O) groups is 1. The number of hydrogen-bond acceptors (Lipinski definition) is 3. The van der Waals surface area contributed by atoms with E-state index in [0.717, 1.165) is 25.7 Å². The highest BCUT2D eigenvalue weighted by Gasteiger charge is 2.17. The molecule has 1 rings (SSSR count). The van der Waals surface area contributed by atoms with E-state index in [1.54, 1.807) is 12.1 Å². The van der Waals surface area contributed by atoms with Crippen LogP contribution in [0.1, 0.15) is 39.5 Å². The fourth-order valence-electron chi connectivity index (χ4n) is 2.14. The Balaban J connectivity index is 2.75. The molecule has 1 N–H and O–H groups in total. The van der Waals surface area contributed by atoms with Crippen LogP contribution in [0, 0.1) is 17.2 Å². The molecule has 4 heteroatoms. The number of carbonyl (C=O) groups excluding carboxylic acids is 1. The van der Waals surface area contributed by atoms with Crippen LogP contribution in [0.3, 0.4) is 0 Å². The molecule has 0 aromatic heterocycles. The maximum absolute atomic E-state index is 12.3. The lowest BCUT2D eigenvalue weighted by Gasteiger charge is -2.16. The van der Waals surface area contributed by atoms with E-state index in [1.165, 1.54) is 0 Å². The van der Waals surface area contributed by atoms with Gasteiger partial charge in [0.1, 0.15) is 11.8 Å². The average Bonchev–Trinajstić information content (AvgIpc) is 2.46. The van der Waals surface area contributed by atoms with Gasteiger partial charge in [0.25, 0.3) is 0 Å². The molecular formula is C16H22N2O2. The van der Waals surface area contributed by atoms with Crippen molar-refractivity contribution in [2.45, 2.75) is 39.5 Å². The molecule has 0 radical (unpaired) electrons. The summed E-state index contributed by atoms with van der Waals surface area (Å²) >= 11 is 0. The Kier molecular flexibility index (Phi) is 7.20. The summed E-state index contributed by atoms with van der Waals surface area (Å²) in [7, 11) is 0. The van der Waals surface area contributed by atoms with Gasteiger partial charge in [-0.15, -0.1) is 0 Å². The maximum atomic E-state index is 12.3. The number of rotatable bonds is 8. The Morgan fingerprint density at radius 1 is 1.30 bits per heavy atom. The van der Waals surface area contributed by atoms with Crippen molar-refractivity contribution in [3.05, 3.63) is 24.3 Å². The van der Waals surface area contributed by atoms with Gasteiger partial charge in [-0.25, -0.2) is 0 Å². The topological polar surface area (TPSA) is 62.1 Å². The van der Waals surface area contributed by atoms with Gasteiger partial charge >= 0.3 is 0 Å². The third-order valence-corrected chi connectivity index (χ3v) is 3.08. The van der Waals surface area contributed by atoms with Crippen molar-refractivity contribution in [3.63, 3.8) is 0 Å². The highest BCUT2D eigenvalue weighted by atomic mass is 16.5. The minimum absolute atomic E-state index is 0.0275. The van der Waals surface area contributed by atoms with Gasteiger partial charge < -0.3 is 10.1 Å². The van der Waals surface area contributed by atoms with Crippen molar-refractivity contribution >= 4 is 11.6 Å². The van der Waals surface area contributed by atoms with E-state index in [4.69, 9.17) is 10.00 Å². The Bertz CT molecular complexity index is 460. The number of nitrogens with one attached hydrogen (secondary N) is 1. The summed E-state index contributed by atoms with van der Waals surface area (Å²) in [4.78, 5) is 12.3. The fraction of sp³-hybridized carbons (Fsp3) is 0.500. The smallest absolute Gasteiger partial charge is 0.227 e. The maximum Gasteiger partial charge on any atom is 0.227 e. The van der Waals surface area contributed by atoms with Crippen molar-refractivity contribution in [2.75, 3.05) is 11.9 Å². The molecule has 0 saturated heterocycles. The monoisotopic (exact) mass is 274 g/mol. The Morgan fingerprint density at radius 2 is 1.95 bits per heavy atom. The Morgan fingerprint density at radius 3 is 2.55 bits per heavy atom. The van der Waals surface area contributed by atoms with Crippen LogP contribution in [0.5, 0.6) is 5.75 Å². The summed E-state index contributed by atoms with van der Waals surface area (Å²) in [6.07, 6.45) is 3.76. The van der Waals surface area contributed by atoms with Crippen molar-refractivity contribution < 1.29 is 9.53 Å². The molecule has 0 aliphatic rings. The molecule has 0 fully saturated rings. The second-order valence-corrected chi connectivity index (χ2v) is 4.71. The number of anilines is 1. The molecule has 20 heavy (non-hydrogen) atoms. The molecular weight excluding hydrogens is 252 g/mol. The third-order valence-electron chi connectivity index (χ3n) is 3.08. The van der Waals surface area contributed by atoms with E-state index in [2.05, 4.69) is 19.2 Å². The standard InChI is InChI=1S/C16H22N2O2/c1-3-7-13(8-4-2)16(19)18-14-9-5-6-10-15(14)20-12-11-17/h5-6,9-10,13H,3-4,7-8,12H2,1-2H3,(H,18,19). The number of nitrogens with zero attached hydrogens (tertiary/aromatic N) is 1. The van der Waals surface area contributed by atoms with Gasteiger partial charge in [-0.2, -0.15) is 5.26 Å². The van der Waals surface area contributed by atoms with E-state index in [-0.39, 0.29) is 18.4 Å². The third kappa shape index (κ3) is 4.93. The summed E-state index contributed by atoms with van der Waals surface area (Å²) in [6.45, 7) is 4.14. The minimum Gasteiger partial charge on any atom is -0.477 e. The zero-order chi connectivity index (χ0) is 14.8. The van der Waals surface area contributed by atoms with Crippen LogP contribution >= 0.6 is 0 Å². The highest BCUT2D eigenvalue weighted by Crippen LogP contribution is 2.25. The van der Waals surface area contributed by atoms with Crippen molar-refractivity contribution in [1.29, 1.82) is 5.26 Å². The molecule has 0 saturated carbocycles. The lowest BCUT2D eigenvalue weighted by atomic mass is 9.97. The lowest BCUT2D eigenvalue weighted by Crippen LogP contribution is -2.23. The molecule has 4 nitrogen and oxygen atoms in total. The van der Waals surface area contributed by atoms with Gasteiger partial charge in [-0.05, 0) is 25.0 Å². The Hall–Kier alpha value is -2.02. The molecule has 1 amide bonds. The average molecular weight is 274 g/mol. The van der Waals surface area contributed by atoms with Gasteiger partial charge in [0, 0.05) is 5.92 Å². The molecule has 0 aliphatic heterocycles. The first-order valence-corrected chi connectivity index (χ1v) is 7.12. The summed E-state index contributed by atoms with van der Waals surface area (Å²) in [5, 5.41) is 11.5. The molecule has 1 aromatic rings. The largest absolute Gasteiger partial charge is 0.477 e. The molecule has 108 valence electrons. The van der Waals surface area contributed by atoms with E-state index in [1.807, 2.05) is 18.2 Å². The first kappa shape index (κ1) is 16.0. The van der Waals surface area contributed by atoms with E-state index >= 15 is 0 Å². The van der Waals surface area contributed by atoms with E-state index < -0.39 is 0 Å². The zero-order valence-corrected chi connectivity index (χ0v) is 12.2. The van der Waals surface area contributed by atoms with Gasteiger partial charge in [0.15, 0.2) is 6.61 Å². The minimum atomic E-state index is -0.0275.